The Balaban J connectivity index is 1.50. The van der Waals surface area contributed by atoms with E-state index in [1.165, 1.54) is 31.6 Å². The lowest BCUT2D eigenvalue weighted by molar-refractivity contribution is -0.117. The summed E-state index contributed by atoms with van der Waals surface area (Å²) in [4.78, 5) is 39.9. The fraction of sp³-hybridized carbons (Fsp3) is 0.182. The number of hydrogen-bond acceptors (Lipinski definition) is 7. The number of rotatable bonds is 7. The van der Waals surface area contributed by atoms with Gasteiger partial charge in [-0.25, -0.2) is 13.9 Å². The average Bonchev–Trinajstić information content (AvgIpc) is 3.54. The van der Waals surface area contributed by atoms with E-state index < -0.39 is 11.6 Å². The number of hydrogen-bond donors (Lipinski definition) is 1. The summed E-state index contributed by atoms with van der Waals surface area (Å²) in [6, 6.07) is 12.5. The minimum absolute atomic E-state index is 0.207. The maximum absolute atomic E-state index is 13.2. The van der Waals surface area contributed by atoms with Crippen LogP contribution >= 0.6 is 22.7 Å². The Hall–Kier alpha value is -3.70. The van der Waals surface area contributed by atoms with E-state index in [0.29, 0.717) is 34.8 Å². The van der Waals surface area contributed by atoms with Crippen LogP contribution in [0.4, 0.5) is 5.69 Å². The van der Waals surface area contributed by atoms with Crippen LogP contribution in [0.2, 0.25) is 0 Å². The smallest absolute Gasteiger partial charge is 0.352 e. The highest BCUT2D eigenvalue weighted by molar-refractivity contribution is 7.17. The van der Waals surface area contributed by atoms with E-state index in [1.54, 1.807) is 35.7 Å². The number of aromatic nitrogens is 4. The summed E-state index contributed by atoms with van der Waals surface area (Å²) in [6.45, 7) is 2.46. The van der Waals surface area contributed by atoms with Crippen LogP contribution in [0.25, 0.3) is 16.0 Å². The van der Waals surface area contributed by atoms with Crippen LogP contribution in [0.15, 0.2) is 62.8 Å². The van der Waals surface area contributed by atoms with Crippen LogP contribution in [0, 0.1) is 0 Å². The number of carbonyl (C=O) groups excluding carboxylic acids is 1. The van der Waals surface area contributed by atoms with Crippen molar-refractivity contribution in [2.75, 3.05) is 11.9 Å². The maximum Gasteiger partial charge on any atom is 0.352 e. The molecule has 1 aromatic carbocycles. The molecule has 33 heavy (non-hydrogen) atoms. The van der Waals surface area contributed by atoms with Gasteiger partial charge in [-0.2, -0.15) is 0 Å². The van der Waals surface area contributed by atoms with Crippen LogP contribution < -0.4 is 21.3 Å². The summed E-state index contributed by atoms with van der Waals surface area (Å²) in [7, 11) is 0. The Labute approximate surface area is 195 Å². The molecular weight excluding hydrogens is 462 g/mol. The molecule has 0 radical (unpaired) electrons. The van der Waals surface area contributed by atoms with Crippen LogP contribution in [-0.2, 0) is 17.9 Å². The highest BCUT2D eigenvalue weighted by Gasteiger charge is 2.20. The molecule has 11 heteroatoms. The predicted molar refractivity (Wildman–Crippen MR) is 129 cm³/mol. The summed E-state index contributed by atoms with van der Waals surface area (Å²) in [6.07, 6.45) is 0. The van der Waals surface area contributed by atoms with Gasteiger partial charge < -0.3 is 10.1 Å². The fourth-order valence-corrected chi connectivity index (χ4v) is 5.09. The Morgan fingerprint density at radius 1 is 1.09 bits per heavy atom. The van der Waals surface area contributed by atoms with E-state index in [-0.39, 0.29) is 17.9 Å². The molecule has 0 aliphatic carbocycles. The number of benzene rings is 1. The zero-order valence-electron chi connectivity index (χ0n) is 17.6. The molecule has 5 aromatic rings. The van der Waals surface area contributed by atoms with E-state index in [9.17, 15) is 14.4 Å². The van der Waals surface area contributed by atoms with Gasteiger partial charge in [0.1, 0.15) is 17.0 Å². The predicted octanol–water partition coefficient (Wildman–Crippen LogP) is 3.02. The lowest BCUT2D eigenvalue weighted by atomic mass is 10.3. The summed E-state index contributed by atoms with van der Waals surface area (Å²) in [5.41, 5.74) is 0.382. The van der Waals surface area contributed by atoms with E-state index in [1.807, 2.05) is 24.4 Å². The fourth-order valence-electron chi connectivity index (χ4n) is 3.58. The van der Waals surface area contributed by atoms with E-state index >= 15 is 0 Å². The number of ether oxygens (including phenoxy) is 1. The summed E-state index contributed by atoms with van der Waals surface area (Å²) in [5.74, 6) is 0.507. The van der Waals surface area contributed by atoms with Gasteiger partial charge in [-0.05, 0) is 54.1 Å². The summed E-state index contributed by atoms with van der Waals surface area (Å²) < 4.78 is 9.83. The molecule has 0 fully saturated rings. The third kappa shape index (κ3) is 3.96. The topological polar surface area (TPSA) is 99.6 Å². The normalized spacial score (nSPS) is 11.3. The molecule has 0 aliphatic rings. The first kappa shape index (κ1) is 21.2. The monoisotopic (exact) mass is 481 g/mol. The number of amides is 1. The molecule has 0 saturated heterocycles. The lowest BCUT2D eigenvalue weighted by Gasteiger charge is -2.07. The molecule has 168 valence electrons. The number of thiophene rings is 2. The Bertz CT molecular complexity index is 1560. The van der Waals surface area contributed by atoms with Crippen molar-refractivity contribution in [3.05, 3.63) is 78.9 Å². The molecule has 4 aromatic heterocycles. The summed E-state index contributed by atoms with van der Waals surface area (Å²) >= 11 is 2.80. The van der Waals surface area contributed by atoms with Crippen molar-refractivity contribution in [3.63, 3.8) is 0 Å². The number of carbonyl (C=O) groups is 1. The van der Waals surface area contributed by atoms with Crippen LogP contribution in [0.1, 0.15) is 11.8 Å². The largest absolute Gasteiger partial charge is 0.494 e. The minimum Gasteiger partial charge on any atom is -0.494 e. The van der Waals surface area contributed by atoms with Gasteiger partial charge in [-0.1, -0.05) is 6.07 Å². The number of nitrogens with one attached hydrogen (secondary N) is 1. The van der Waals surface area contributed by atoms with Crippen molar-refractivity contribution in [2.24, 2.45) is 0 Å². The van der Waals surface area contributed by atoms with Gasteiger partial charge in [-0.15, -0.1) is 27.8 Å². The Morgan fingerprint density at radius 3 is 2.64 bits per heavy atom. The van der Waals surface area contributed by atoms with Crippen LogP contribution in [0.3, 0.4) is 0 Å². The van der Waals surface area contributed by atoms with Crippen molar-refractivity contribution in [1.29, 1.82) is 0 Å². The van der Waals surface area contributed by atoms with Crippen molar-refractivity contribution in [1.82, 2.24) is 18.7 Å². The second-order valence-electron chi connectivity index (χ2n) is 7.19. The van der Waals surface area contributed by atoms with Gasteiger partial charge in [0, 0.05) is 10.6 Å². The van der Waals surface area contributed by atoms with Gasteiger partial charge in [0.05, 0.1) is 18.7 Å². The zero-order valence-corrected chi connectivity index (χ0v) is 19.2. The molecule has 0 bridgehead atoms. The first-order valence-corrected chi connectivity index (χ1v) is 12.0. The number of nitrogens with zero attached hydrogens (tertiary/aromatic N) is 4. The van der Waals surface area contributed by atoms with Crippen molar-refractivity contribution < 1.29 is 9.53 Å². The quantitative estimate of drug-likeness (QED) is 0.385. The average molecular weight is 482 g/mol. The third-order valence-electron chi connectivity index (χ3n) is 5.02. The summed E-state index contributed by atoms with van der Waals surface area (Å²) in [5, 5.41) is 10.8. The highest BCUT2D eigenvalue weighted by Crippen LogP contribution is 2.19. The van der Waals surface area contributed by atoms with E-state index in [2.05, 4.69) is 10.4 Å². The molecule has 1 amide bonds. The second-order valence-corrected chi connectivity index (χ2v) is 9.14. The number of anilines is 1. The lowest BCUT2D eigenvalue weighted by Crippen LogP contribution is -2.29. The van der Waals surface area contributed by atoms with Crippen LogP contribution in [-0.4, -0.2) is 31.3 Å². The van der Waals surface area contributed by atoms with Crippen molar-refractivity contribution >= 4 is 50.3 Å². The molecular formula is C22H19N5O4S2. The molecule has 9 nitrogen and oxygen atoms in total. The van der Waals surface area contributed by atoms with Crippen molar-refractivity contribution in [3.8, 4) is 5.75 Å². The van der Waals surface area contributed by atoms with Gasteiger partial charge in [0.15, 0.2) is 0 Å². The molecule has 5 rings (SSSR count). The molecule has 4 heterocycles. The Kier molecular flexibility index (Phi) is 5.56. The molecule has 0 atom stereocenters. The zero-order chi connectivity index (χ0) is 22.9. The molecule has 0 aliphatic heterocycles. The Morgan fingerprint density at radius 2 is 1.91 bits per heavy atom. The first-order valence-electron chi connectivity index (χ1n) is 10.2. The first-order chi connectivity index (χ1) is 16.0. The standard InChI is InChI=1S/C22H19N5O4S2/c1-2-31-15-7-5-14(6-8-15)23-18(28)13-26-22(30)27-17-9-11-33-19(17)20(29)25(21(27)24-26)12-16-4-3-10-32-16/h3-11H,2,12-13H2,1H3,(H,23,28). The molecule has 0 saturated carbocycles. The van der Waals surface area contributed by atoms with Gasteiger partial charge >= 0.3 is 5.69 Å². The van der Waals surface area contributed by atoms with E-state index in [0.717, 1.165) is 9.56 Å². The third-order valence-corrected chi connectivity index (χ3v) is 6.78. The van der Waals surface area contributed by atoms with Gasteiger partial charge in [0.25, 0.3) is 5.56 Å². The van der Waals surface area contributed by atoms with E-state index in [4.69, 9.17) is 4.74 Å². The molecule has 0 spiro atoms. The second kappa shape index (κ2) is 8.68. The van der Waals surface area contributed by atoms with Crippen molar-refractivity contribution in [2.45, 2.75) is 20.0 Å². The van der Waals surface area contributed by atoms with Crippen LogP contribution in [0.5, 0.6) is 5.75 Å². The molecule has 1 N–H and O–H groups in total. The SMILES string of the molecule is CCOc1ccc(NC(=O)Cn2nc3n(Cc4cccs4)c(=O)c4sccc4n3c2=O)cc1. The van der Waals surface area contributed by atoms with Gasteiger partial charge in [0.2, 0.25) is 11.7 Å². The number of fused-ring (bicyclic) bond motifs is 3. The minimum atomic E-state index is -0.477. The molecule has 0 unspecified atom stereocenters. The van der Waals surface area contributed by atoms with Gasteiger partial charge in [-0.3, -0.25) is 14.2 Å². The maximum atomic E-state index is 13.2. The highest BCUT2D eigenvalue weighted by atomic mass is 32.1.